The molecule has 6 nitrogen and oxygen atoms in total. The quantitative estimate of drug-likeness (QED) is 0.710. The van der Waals surface area contributed by atoms with E-state index in [0.717, 1.165) is 35.9 Å². The van der Waals surface area contributed by atoms with Crippen molar-refractivity contribution in [3.05, 3.63) is 70.0 Å². The zero-order valence-corrected chi connectivity index (χ0v) is 17.6. The van der Waals surface area contributed by atoms with E-state index >= 15 is 0 Å². The molecule has 0 bridgehead atoms. The summed E-state index contributed by atoms with van der Waals surface area (Å²) in [6.07, 6.45) is 2.46. The van der Waals surface area contributed by atoms with Crippen LogP contribution in [-0.2, 0) is 24.8 Å². The van der Waals surface area contributed by atoms with Crippen molar-refractivity contribution in [3.63, 3.8) is 0 Å². The van der Waals surface area contributed by atoms with Crippen LogP contribution < -0.4 is 15.8 Å². The highest BCUT2D eigenvalue weighted by Gasteiger charge is 2.27. The van der Waals surface area contributed by atoms with Gasteiger partial charge in [0.1, 0.15) is 0 Å². The normalized spacial score (nSPS) is 14.8. The molecule has 1 aromatic heterocycles. The number of carbonyl (C=O) groups is 1. The minimum atomic E-state index is -0.0906. The van der Waals surface area contributed by atoms with Gasteiger partial charge in [0.2, 0.25) is 5.91 Å². The average Bonchev–Trinajstić information content (AvgIpc) is 2.80. The molecule has 0 radical (unpaired) electrons. The van der Waals surface area contributed by atoms with Gasteiger partial charge in [-0.15, -0.1) is 0 Å². The first-order valence-corrected chi connectivity index (χ1v) is 10.6. The second-order valence-corrected chi connectivity index (χ2v) is 7.94. The molecule has 30 heavy (non-hydrogen) atoms. The van der Waals surface area contributed by atoms with Gasteiger partial charge in [-0.05, 0) is 42.5 Å². The highest BCUT2D eigenvalue weighted by molar-refractivity contribution is 5.79. The van der Waals surface area contributed by atoms with Crippen LogP contribution in [0.4, 0.5) is 5.82 Å². The van der Waals surface area contributed by atoms with Crippen molar-refractivity contribution in [2.24, 2.45) is 13.0 Å². The van der Waals surface area contributed by atoms with Crippen LogP contribution >= 0.6 is 0 Å². The van der Waals surface area contributed by atoms with E-state index in [2.05, 4.69) is 41.5 Å². The van der Waals surface area contributed by atoms with Gasteiger partial charge in [-0.2, -0.15) is 0 Å². The molecule has 0 saturated carbocycles. The largest absolute Gasteiger partial charge is 0.352 e. The van der Waals surface area contributed by atoms with Gasteiger partial charge in [0.15, 0.2) is 5.82 Å². The molecule has 0 aliphatic carbocycles. The Bertz CT molecular complexity index is 1100. The summed E-state index contributed by atoms with van der Waals surface area (Å²) < 4.78 is 1.65. The maximum atomic E-state index is 12.8. The van der Waals surface area contributed by atoms with Crippen molar-refractivity contribution in [2.45, 2.75) is 32.7 Å². The molecule has 2 heterocycles. The Hall–Kier alpha value is -3.15. The molecule has 0 spiro atoms. The zero-order valence-electron chi connectivity index (χ0n) is 17.6. The molecule has 1 aliphatic rings. The fraction of sp³-hybridized carbons (Fsp3) is 0.375. The molecular weight excluding hydrogens is 376 g/mol. The van der Waals surface area contributed by atoms with Crippen LogP contribution in [0.15, 0.2) is 53.3 Å². The van der Waals surface area contributed by atoms with Gasteiger partial charge in [0.05, 0.1) is 11.0 Å². The van der Waals surface area contributed by atoms with E-state index < -0.39 is 0 Å². The first kappa shape index (κ1) is 20.1. The topological polar surface area (TPSA) is 67.2 Å². The van der Waals surface area contributed by atoms with Gasteiger partial charge in [-0.25, -0.2) is 4.98 Å². The number of carbonyl (C=O) groups excluding carboxylic acids is 1. The molecule has 6 heteroatoms. The minimum Gasteiger partial charge on any atom is -0.352 e. The maximum Gasteiger partial charge on any atom is 0.293 e. The summed E-state index contributed by atoms with van der Waals surface area (Å²) in [4.78, 5) is 32.0. The lowest BCUT2D eigenvalue weighted by Crippen LogP contribution is -2.43. The van der Waals surface area contributed by atoms with Crippen LogP contribution in [-0.4, -0.2) is 28.5 Å². The number of hydrogen-bond acceptors (Lipinski definition) is 4. The number of anilines is 1. The number of fused-ring (bicyclic) bond motifs is 1. The summed E-state index contributed by atoms with van der Waals surface area (Å²) in [6.45, 7) is 4.00. The Morgan fingerprint density at radius 3 is 2.43 bits per heavy atom. The van der Waals surface area contributed by atoms with Crippen molar-refractivity contribution in [2.75, 3.05) is 18.0 Å². The second-order valence-electron chi connectivity index (χ2n) is 7.94. The molecular formula is C24H28N4O2. The zero-order chi connectivity index (χ0) is 21.1. The lowest BCUT2D eigenvalue weighted by molar-refractivity contribution is -0.125. The number of amides is 1. The molecule has 1 amide bonds. The Labute approximate surface area is 176 Å². The monoisotopic (exact) mass is 404 g/mol. The second kappa shape index (κ2) is 8.69. The molecule has 1 aliphatic heterocycles. The Balaban J connectivity index is 1.37. The fourth-order valence-electron chi connectivity index (χ4n) is 4.05. The van der Waals surface area contributed by atoms with Gasteiger partial charge < -0.3 is 14.8 Å². The smallest absolute Gasteiger partial charge is 0.293 e. The predicted octanol–water partition coefficient (Wildman–Crippen LogP) is 3.03. The summed E-state index contributed by atoms with van der Waals surface area (Å²) in [5.74, 6) is 0.542. The van der Waals surface area contributed by atoms with Gasteiger partial charge in [0.25, 0.3) is 5.56 Å². The Morgan fingerprint density at radius 1 is 1.07 bits per heavy atom. The highest BCUT2D eigenvalue weighted by Crippen LogP contribution is 2.22. The number of para-hydroxylation sites is 2. The summed E-state index contributed by atoms with van der Waals surface area (Å²) in [6, 6.07) is 16.0. The van der Waals surface area contributed by atoms with Gasteiger partial charge >= 0.3 is 0 Å². The SMILES string of the molecule is CCc1ccc(CNC(=O)C2CCN(c3nc4ccccc4n(C)c3=O)CC2)cc1. The third-order valence-electron chi connectivity index (χ3n) is 6.03. The van der Waals surface area contributed by atoms with E-state index in [4.69, 9.17) is 0 Å². The number of hydrogen-bond donors (Lipinski definition) is 1. The first-order valence-electron chi connectivity index (χ1n) is 10.6. The first-order chi connectivity index (χ1) is 14.6. The molecule has 1 fully saturated rings. The van der Waals surface area contributed by atoms with E-state index in [1.54, 1.807) is 11.6 Å². The minimum absolute atomic E-state index is 0.0273. The van der Waals surface area contributed by atoms with Crippen molar-refractivity contribution in [3.8, 4) is 0 Å². The van der Waals surface area contributed by atoms with E-state index in [9.17, 15) is 9.59 Å². The van der Waals surface area contributed by atoms with Crippen LogP contribution in [0.5, 0.6) is 0 Å². The average molecular weight is 405 g/mol. The lowest BCUT2D eigenvalue weighted by atomic mass is 9.96. The van der Waals surface area contributed by atoms with Crippen molar-refractivity contribution in [1.29, 1.82) is 0 Å². The van der Waals surface area contributed by atoms with Crippen molar-refractivity contribution >= 4 is 22.8 Å². The highest BCUT2D eigenvalue weighted by atomic mass is 16.2. The molecule has 4 rings (SSSR count). The molecule has 1 N–H and O–H groups in total. The van der Waals surface area contributed by atoms with Crippen molar-refractivity contribution < 1.29 is 4.79 Å². The van der Waals surface area contributed by atoms with E-state index in [-0.39, 0.29) is 17.4 Å². The summed E-state index contributed by atoms with van der Waals surface area (Å²) in [5, 5.41) is 3.07. The van der Waals surface area contributed by atoms with Crippen LogP contribution in [0.2, 0.25) is 0 Å². The fourth-order valence-corrected chi connectivity index (χ4v) is 4.05. The number of aryl methyl sites for hydroxylation is 2. The van der Waals surface area contributed by atoms with Crippen LogP contribution in [0.25, 0.3) is 11.0 Å². The molecule has 2 aromatic carbocycles. The number of piperidine rings is 1. The number of nitrogens with one attached hydrogen (secondary N) is 1. The lowest BCUT2D eigenvalue weighted by Gasteiger charge is -2.32. The standard InChI is InChI=1S/C24H28N4O2/c1-3-17-8-10-18(11-9-17)16-25-23(29)19-12-14-28(15-13-19)22-24(30)27(2)21-7-5-4-6-20(21)26-22/h4-11,19H,3,12-16H2,1-2H3,(H,25,29). The van der Waals surface area contributed by atoms with Gasteiger partial charge in [-0.1, -0.05) is 43.3 Å². The summed E-state index contributed by atoms with van der Waals surface area (Å²) in [5.41, 5.74) is 3.95. The van der Waals surface area contributed by atoms with Gasteiger partial charge in [-0.3, -0.25) is 9.59 Å². The molecule has 156 valence electrons. The number of benzene rings is 2. The summed E-state index contributed by atoms with van der Waals surface area (Å²) >= 11 is 0. The third-order valence-corrected chi connectivity index (χ3v) is 6.03. The summed E-state index contributed by atoms with van der Waals surface area (Å²) in [7, 11) is 1.78. The van der Waals surface area contributed by atoms with Crippen LogP contribution in [0.3, 0.4) is 0 Å². The van der Waals surface area contributed by atoms with E-state index in [1.807, 2.05) is 29.2 Å². The number of aromatic nitrogens is 2. The van der Waals surface area contributed by atoms with E-state index in [0.29, 0.717) is 25.5 Å². The van der Waals surface area contributed by atoms with Gasteiger partial charge in [0, 0.05) is 32.6 Å². The molecule has 3 aromatic rings. The third kappa shape index (κ3) is 4.08. The van der Waals surface area contributed by atoms with E-state index in [1.165, 1.54) is 5.56 Å². The molecule has 0 unspecified atom stereocenters. The Kier molecular flexibility index (Phi) is 5.84. The molecule has 1 saturated heterocycles. The number of nitrogens with zero attached hydrogens (tertiary/aromatic N) is 3. The van der Waals surface area contributed by atoms with Crippen LogP contribution in [0.1, 0.15) is 30.9 Å². The number of rotatable bonds is 5. The Morgan fingerprint density at radius 2 is 1.73 bits per heavy atom. The predicted molar refractivity (Wildman–Crippen MR) is 120 cm³/mol. The molecule has 0 atom stereocenters. The van der Waals surface area contributed by atoms with Crippen LogP contribution in [0, 0.1) is 5.92 Å². The van der Waals surface area contributed by atoms with Crippen molar-refractivity contribution in [1.82, 2.24) is 14.9 Å². The maximum absolute atomic E-state index is 12.8.